The van der Waals surface area contributed by atoms with Crippen LogP contribution in [0.3, 0.4) is 0 Å². The second-order valence-corrected chi connectivity index (χ2v) is 10.2. The standard InChI is InChI=1S/C21H23N5O2S2/c1-5-26-19-11-10-15(30(27,28)25(3)4)12-18(19)24-20(26)13-29-21-16-8-6-7-9-17(16)22-14(2)23-21/h6-12H,5,13H2,1-4H3. The number of aromatic nitrogens is 4. The average molecular weight is 442 g/mol. The molecule has 2 aromatic carbocycles. The van der Waals surface area contributed by atoms with E-state index < -0.39 is 10.0 Å². The molecule has 0 fully saturated rings. The minimum absolute atomic E-state index is 0.248. The van der Waals surface area contributed by atoms with E-state index in [4.69, 9.17) is 4.98 Å². The lowest BCUT2D eigenvalue weighted by molar-refractivity contribution is 0.521. The SMILES string of the molecule is CCn1c(CSc2nc(C)nc3ccccc23)nc2cc(S(=O)(=O)N(C)C)ccc21. The Labute approximate surface area is 180 Å². The van der Waals surface area contributed by atoms with Crippen LogP contribution >= 0.6 is 11.8 Å². The molecular weight excluding hydrogens is 418 g/mol. The number of imidazole rings is 1. The number of fused-ring (bicyclic) bond motifs is 2. The van der Waals surface area contributed by atoms with E-state index in [0.717, 1.165) is 39.6 Å². The molecule has 0 spiro atoms. The Balaban J connectivity index is 1.71. The predicted octanol–water partition coefficient (Wildman–Crippen LogP) is 3.85. The second-order valence-electron chi connectivity index (χ2n) is 7.09. The summed E-state index contributed by atoms with van der Waals surface area (Å²) in [7, 11) is -0.445. The van der Waals surface area contributed by atoms with Crippen molar-refractivity contribution in [3.05, 3.63) is 54.1 Å². The van der Waals surface area contributed by atoms with Crippen molar-refractivity contribution in [3.63, 3.8) is 0 Å². The summed E-state index contributed by atoms with van der Waals surface area (Å²) in [5.41, 5.74) is 2.53. The molecule has 30 heavy (non-hydrogen) atoms. The van der Waals surface area contributed by atoms with Gasteiger partial charge in [0.2, 0.25) is 10.0 Å². The highest BCUT2D eigenvalue weighted by Gasteiger charge is 2.20. The van der Waals surface area contributed by atoms with Gasteiger partial charge in [-0.05, 0) is 38.1 Å². The summed E-state index contributed by atoms with van der Waals surface area (Å²) >= 11 is 1.62. The van der Waals surface area contributed by atoms with Gasteiger partial charge in [-0.25, -0.2) is 27.7 Å². The third-order valence-corrected chi connectivity index (χ3v) is 7.71. The molecule has 0 aliphatic carbocycles. The largest absolute Gasteiger partial charge is 0.328 e. The summed E-state index contributed by atoms with van der Waals surface area (Å²) in [5.74, 6) is 2.25. The van der Waals surface area contributed by atoms with E-state index in [1.165, 1.54) is 18.4 Å². The summed E-state index contributed by atoms with van der Waals surface area (Å²) < 4.78 is 28.3. The van der Waals surface area contributed by atoms with Crippen LogP contribution in [0.5, 0.6) is 0 Å². The maximum atomic E-state index is 12.5. The summed E-state index contributed by atoms with van der Waals surface area (Å²) in [6.45, 7) is 4.70. The molecule has 0 aliphatic heterocycles. The maximum absolute atomic E-state index is 12.5. The first-order valence-electron chi connectivity index (χ1n) is 9.59. The smallest absolute Gasteiger partial charge is 0.242 e. The molecule has 7 nitrogen and oxygen atoms in total. The van der Waals surface area contributed by atoms with Crippen molar-refractivity contribution >= 4 is 43.7 Å². The Bertz CT molecular complexity index is 1350. The Morgan fingerprint density at radius 2 is 1.80 bits per heavy atom. The van der Waals surface area contributed by atoms with E-state index in [2.05, 4.69) is 21.5 Å². The van der Waals surface area contributed by atoms with E-state index in [9.17, 15) is 8.42 Å². The van der Waals surface area contributed by atoms with Crippen LogP contribution in [0.1, 0.15) is 18.6 Å². The predicted molar refractivity (Wildman–Crippen MR) is 120 cm³/mol. The highest BCUT2D eigenvalue weighted by Crippen LogP contribution is 2.30. The van der Waals surface area contributed by atoms with Gasteiger partial charge in [0.1, 0.15) is 16.7 Å². The molecule has 2 aromatic heterocycles. The number of sulfonamides is 1. The first-order valence-corrected chi connectivity index (χ1v) is 12.0. The van der Waals surface area contributed by atoms with Gasteiger partial charge in [0.05, 0.1) is 27.2 Å². The highest BCUT2D eigenvalue weighted by atomic mass is 32.2. The Hall–Kier alpha value is -2.49. The summed E-state index contributed by atoms with van der Waals surface area (Å²) in [6.07, 6.45) is 0. The summed E-state index contributed by atoms with van der Waals surface area (Å²) in [4.78, 5) is 14.1. The number of para-hydroxylation sites is 1. The van der Waals surface area contributed by atoms with E-state index in [0.29, 0.717) is 11.3 Å². The van der Waals surface area contributed by atoms with Crippen molar-refractivity contribution in [2.75, 3.05) is 14.1 Å². The molecule has 0 atom stereocenters. The first-order chi connectivity index (χ1) is 14.3. The van der Waals surface area contributed by atoms with Gasteiger partial charge in [-0.15, -0.1) is 0 Å². The fraction of sp³-hybridized carbons (Fsp3) is 0.286. The highest BCUT2D eigenvalue weighted by molar-refractivity contribution is 7.98. The van der Waals surface area contributed by atoms with Crippen molar-refractivity contribution in [3.8, 4) is 0 Å². The quantitative estimate of drug-likeness (QED) is 0.334. The van der Waals surface area contributed by atoms with Crippen LogP contribution in [-0.4, -0.2) is 46.3 Å². The zero-order chi connectivity index (χ0) is 21.5. The van der Waals surface area contributed by atoms with Crippen LogP contribution in [0, 0.1) is 6.92 Å². The molecule has 0 N–H and O–H groups in total. The van der Waals surface area contributed by atoms with E-state index in [1.807, 2.05) is 37.3 Å². The van der Waals surface area contributed by atoms with Crippen molar-refractivity contribution in [2.45, 2.75) is 36.1 Å². The van der Waals surface area contributed by atoms with Crippen LogP contribution in [0.15, 0.2) is 52.4 Å². The van der Waals surface area contributed by atoms with Crippen LogP contribution in [0.4, 0.5) is 0 Å². The zero-order valence-electron chi connectivity index (χ0n) is 17.3. The number of thioether (sulfide) groups is 1. The molecule has 2 heterocycles. The Morgan fingerprint density at radius 3 is 2.53 bits per heavy atom. The van der Waals surface area contributed by atoms with Gasteiger partial charge in [-0.1, -0.05) is 30.0 Å². The first kappa shape index (κ1) is 20.8. The minimum atomic E-state index is -3.50. The fourth-order valence-electron chi connectivity index (χ4n) is 3.40. The molecule has 0 radical (unpaired) electrons. The van der Waals surface area contributed by atoms with Crippen LogP contribution in [0.25, 0.3) is 21.9 Å². The summed E-state index contributed by atoms with van der Waals surface area (Å²) in [6, 6.07) is 13.1. The number of aryl methyl sites for hydroxylation is 2. The van der Waals surface area contributed by atoms with Gasteiger partial charge in [0, 0.05) is 26.0 Å². The molecule has 0 amide bonds. The molecular formula is C21H23N5O2S2. The monoisotopic (exact) mass is 441 g/mol. The van der Waals surface area contributed by atoms with Crippen LogP contribution < -0.4 is 0 Å². The molecule has 9 heteroatoms. The minimum Gasteiger partial charge on any atom is -0.328 e. The van der Waals surface area contributed by atoms with E-state index in [-0.39, 0.29) is 4.90 Å². The number of benzene rings is 2. The molecule has 0 saturated carbocycles. The van der Waals surface area contributed by atoms with Crippen molar-refractivity contribution < 1.29 is 8.42 Å². The lowest BCUT2D eigenvalue weighted by Crippen LogP contribution is -2.22. The second kappa shape index (κ2) is 7.98. The van der Waals surface area contributed by atoms with Gasteiger partial charge in [0.25, 0.3) is 0 Å². The van der Waals surface area contributed by atoms with Gasteiger partial charge in [-0.2, -0.15) is 0 Å². The molecule has 4 rings (SSSR count). The molecule has 4 aromatic rings. The molecule has 0 aliphatic rings. The average Bonchev–Trinajstić information content (AvgIpc) is 3.08. The Morgan fingerprint density at radius 1 is 1.03 bits per heavy atom. The topological polar surface area (TPSA) is 81.0 Å². The van der Waals surface area contributed by atoms with E-state index >= 15 is 0 Å². The fourth-order valence-corrected chi connectivity index (χ4v) is 5.33. The van der Waals surface area contributed by atoms with Crippen LogP contribution in [0.2, 0.25) is 0 Å². The Kier molecular flexibility index (Phi) is 5.52. The number of rotatable bonds is 6. The number of hydrogen-bond donors (Lipinski definition) is 0. The van der Waals surface area contributed by atoms with E-state index in [1.54, 1.807) is 23.9 Å². The lowest BCUT2D eigenvalue weighted by atomic mass is 10.2. The normalized spacial score (nSPS) is 12.3. The number of nitrogens with zero attached hydrogens (tertiary/aromatic N) is 5. The van der Waals surface area contributed by atoms with Gasteiger partial charge in [0.15, 0.2) is 0 Å². The zero-order valence-corrected chi connectivity index (χ0v) is 19.0. The third kappa shape index (κ3) is 3.68. The molecule has 0 unspecified atom stereocenters. The van der Waals surface area contributed by atoms with Crippen molar-refractivity contribution in [1.82, 2.24) is 23.8 Å². The maximum Gasteiger partial charge on any atom is 0.242 e. The summed E-state index contributed by atoms with van der Waals surface area (Å²) in [5, 5.41) is 1.94. The van der Waals surface area contributed by atoms with Crippen molar-refractivity contribution in [1.29, 1.82) is 0 Å². The van der Waals surface area contributed by atoms with Gasteiger partial charge in [-0.3, -0.25) is 0 Å². The van der Waals surface area contributed by atoms with Crippen molar-refractivity contribution in [2.24, 2.45) is 0 Å². The third-order valence-electron chi connectivity index (χ3n) is 4.91. The van der Waals surface area contributed by atoms with Gasteiger partial charge >= 0.3 is 0 Å². The number of hydrogen-bond acceptors (Lipinski definition) is 6. The lowest BCUT2D eigenvalue weighted by Gasteiger charge is -2.11. The molecule has 0 saturated heterocycles. The van der Waals surface area contributed by atoms with Crippen LogP contribution in [-0.2, 0) is 22.3 Å². The molecule has 0 bridgehead atoms. The molecule has 156 valence electrons. The van der Waals surface area contributed by atoms with Gasteiger partial charge < -0.3 is 4.57 Å².